The van der Waals surface area contributed by atoms with Gasteiger partial charge in [0.1, 0.15) is 7.14 Å². The standard InChI is InChI=1S/C26H35OP/c1-19-10-8-9-15-24(19)25-20-16-17-21(18-20)26(25)28(27,22-11-4-2-5-12-22)23-13-6-3-7-14-23/h8-10,15-17,20-23H,2-7,11-14,18H2,1H3. The van der Waals surface area contributed by atoms with Crippen molar-refractivity contribution in [2.24, 2.45) is 11.8 Å². The van der Waals surface area contributed by atoms with Gasteiger partial charge in [-0.15, -0.1) is 0 Å². The fourth-order valence-electron chi connectivity index (χ4n) is 6.79. The van der Waals surface area contributed by atoms with Crippen molar-refractivity contribution in [1.82, 2.24) is 0 Å². The second kappa shape index (κ2) is 7.64. The maximum atomic E-state index is 15.3. The second-order valence-electron chi connectivity index (χ2n) is 9.74. The molecule has 1 nitrogen and oxygen atoms in total. The largest absolute Gasteiger partial charge is 0.318 e. The summed E-state index contributed by atoms with van der Waals surface area (Å²) in [6, 6.07) is 8.85. The summed E-state index contributed by atoms with van der Waals surface area (Å²) in [4.78, 5) is 0. The van der Waals surface area contributed by atoms with Crippen molar-refractivity contribution in [1.29, 1.82) is 0 Å². The predicted molar refractivity (Wildman–Crippen MR) is 120 cm³/mol. The monoisotopic (exact) mass is 394 g/mol. The first-order chi connectivity index (χ1) is 13.7. The highest BCUT2D eigenvalue weighted by Gasteiger charge is 2.51. The van der Waals surface area contributed by atoms with Crippen LogP contribution in [-0.4, -0.2) is 11.3 Å². The van der Waals surface area contributed by atoms with E-state index >= 15 is 4.57 Å². The van der Waals surface area contributed by atoms with Crippen LogP contribution in [0.5, 0.6) is 0 Å². The molecule has 0 heterocycles. The molecule has 0 amide bonds. The molecule has 0 N–H and O–H groups in total. The van der Waals surface area contributed by atoms with E-state index in [0.717, 1.165) is 0 Å². The average molecular weight is 395 g/mol. The Morgan fingerprint density at radius 1 is 0.786 bits per heavy atom. The molecule has 2 unspecified atom stereocenters. The van der Waals surface area contributed by atoms with E-state index in [-0.39, 0.29) is 0 Å². The Balaban J connectivity index is 1.68. The molecule has 0 aromatic heterocycles. The number of fused-ring (bicyclic) bond motifs is 2. The van der Waals surface area contributed by atoms with Crippen molar-refractivity contribution in [2.45, 2.75) is 88.9 Å². The van der Waals surface area contributed by atoms with E-state index < -0.39 is 7.14 Å². The van der Waals surface area contributed by atoms with Gasteiger partial charge in [-0.2, -0.15) is 0 Å². The maximum absolute atomic E-state index is 15.3. The van der Waals surface area contributed by atoms with Crippen LogP contribution in [0.25, 0.3) is 5.57 Å². The van der Waals surface area contributed by atoms with Crippen molar-refractivity contribution in [2.75, 3.05) is 0 Å². The third-order valence-electron chi connectivity index (χ3n) is 8.13. The van der Waals surface area contributed by atoms with E-state index in [1.165, 1.54) is 92.6 Å². The van der Waals surface area contributed by atoms with Crippen LogP contribution in [0.15, 0.2) is 41.7 Å². The molecule has 28 heavy (non-hydrogen) atoms. The van der Waals surface area contributed by atoms with Crippen LogP contribution in [0.2, 0.25) is 0 Å². The minimum atomic E-state index is -2.37. The van der Waals surface area contributed by atoms with Crippen LogP contribution in [0.1, 0.15) is 81.8 Å². The van der Waals surface area contributed by atoms with Gasteiger partial charge in [-0.05, 0) is 55.7 Å². The molecule has 4 aliphatic carbocycles. The Labute approximate surface area is 171 Å². The van der Waals surface area contributed by atoms with Gasteiger partial charge in [0.05, 0.1) is 0 Å². The van der Waals surface area contributed by atoms with Crippen molar-refractivity contribution in [3.63, 3.8) is 0 Å². The fraction of sp³-hybridized carbons (Fsp3) is 0.615. The quantitative estimate of drug-likeness (QED) is 0.374. The fourth-order valence-corrected chi connectivity index (χ4v) is 11.8. The molecule has 2 heteroatoms. The number of aryl methyl sites for hydroxylation is 1. The summed E-state index contributed by atoms with van der Waals surface area (Å²) in [6.07, 6.45) is 18.7. The summed E-state index contributed by atoms with van der Waals surface area (Å²) in [6.45, 7) is 2.24. The molecule has 0 aliphatic heterocycles. The highest BCUT2D eigenvalue weighted by Crippen LogP contribution is 2.74. The van der Waals surface area contributed by atoms with Crippen LogP contribution in [-0.2, 0) is 4.57 Å². The number of hydrogen-bond acceptors (Lipinski definition) is 1. The second-order valence-corrected chi connectivity index (χ2v) is 13.1. The van der Waals surface area contributed by atoms with Gasteiger partial charge in [-0.1, -0.05) is 74.9 Å². The smallest absolute Gasteiger partial charge is 0.118 e. The van der Waals surface area contributed by atoms with Crippen molar-refractivity contribution in [3.8, 4) is 0 Å². The molecule has 2 bridgehead atoms. The molecule has 0 radical (unpaired) electrons. The molecule has 1 aromatic carbocycles. The third-order valence-corrected chi connectivity index (χ3v) is 12.7. The molecule has 2 fully saturated rings. The van der Waals surface area contributed by atoms with E-state index in [9.17, 15) is 0 Å². The first-order valence-electron chi connectivity index (χ1n) is 11.8. The minimum Gasteiger partial charge on any atom is -0.318 e. The predicted octanol–water partition coefficient (Wildman–Crippen LogP) is 7.94. The Bertz CT molecular complexity index is 814. The molecule has 0 spiro atoms. The summed E-state index contributed by atoms with van der Waals surface area (Å²) < 4.78 is 15.3. The lowest BCUT2D eigenvalue weighted by Gasteiger charge is -2.41. The Morgan fingerprint density at radius 2 is 1.36 bits per heavy atom. The molecule has 150 valence electrons. The molecular weight excluding hydrogens is 359 g/mol. The van der Waals surface area contributed by atoms with E-state index in [1.807, 2.05) is 0 Å². The number of benzene rings is 1. The maximum Gasteiger partial charge on any atom is 0.118 e. The van der Waals surface area contributed by atoms with Crippen LogP contribution >= 0.6 is 7.14 Å². The first kappa shape index (κ1) is 18.9. The van der Waals surface area contributed by atoms with Crippen molar-refractivity contribution >= 4 is 12.7 Å². The average Bonchev–Trinajstić information content (AvgIpc) is 3.37. The van der Waals surface area contributed by atoms with Crippen molar-refractivity contribution < 1.29 is 4.57 Å². The summed E-state index contributed by atoms with van der Waals surface area (Å²) in [5.74, 6) is 0.955. The Morgan fingerprint density at radius 3 is 1.96 bits per heavy atom. The van der Waals surface area contributed by atoms with Gasteiger partial charge >= 0.3 is 0 Å². The topological polar surface area (TPSA) is 17.1 Å². The van der Waals surface area contributed by atoms with Crippen LogP contribution in [0.3, 0.4) is 0 Å². The van der Waals surface area contributed by atoms with Crippen LogP contribution in [0, 0.1) is 18.8 Å². The van der Waals surface area contributed by atoms with Crippen molar-refractivity contribution in [3.05, 3.63) is 52.9 Å². The highest BCUT2D eigenvalue weighted by molar-refractivity contribution is 7.69. The van der Waals surface area contributed by atoms with E-state index in [1.54, 1.807) is 0 Å². The third kappa shape index (κ3) is 3.00. The molecule has 2 atom stereocenters. The SMILES string of the molecule is Cc1ccccc1C1=C(P(=O)(C2CCCCC2)C2CCCCC2)C2C=CC1C2. The summed E-state index contributed by atoms with van der Waals surface area (Å²) in [7, 11) is -2.37. The van der Waals surface area contributed by atoms with Gasteiger partial charge < -0.3 is 4.57 Å². The molecule has 1 aromatic rings. The summed E-state index contributed by atoms with van der Waals surface area (Å²) in [5, 5.41) is 1.45. The zero-order valence-electron chi connectivity index (χ0n) is 17.4. The zero-order valence-corrected chi connectivity index (χ0v) is 18.3. The first-order valence-corrected chi connectivity index (χ1v) is 13.6. The lowest BCUT2D eigenvalue weighted by molar-refractivity contribution is 0.449. The van der Waals surface area contributed by atoms with Gasteiger partial charge in [0.2, 0.25) is 0 Å². The lowest BCUT2D eigenvalue weighted by Crippen LogP contribution is -2.26. The normalized spacial score (nSPS) is 29.0. The Hall–Kier alpha value is -1.07. The zero-order chi connectivity index (χ0) is 19.1. The highest BCUT2D eigenvalue weighted by atomic mass is 31.2. The van der Waals surface area contributed by atoms with Gasteiger partial charge in [0.25, 0.3) is 0 Å². The van der Waals surface area contributed by atoms with E-state index in [4.69, 9.17) is 0 Å². The van der Waals surface area contributed by atoms with E-state index in [2.05, 4.69) is 43.3 Å². The van der Waals surface area contributed by atoms with Crippen LogP contribution in [0.4, 0.5) is 0 Å². The van der Waals surface area contributed by atoms with Gasteiger partial charge in [0, 0.05) is 28.5 Å². The lowest BCUT2D eigenvalue weighted by atomic mass is 9.92. The van der Waals surface area contributed by atoms with Gasteiger partial charge in [-0.25, -0.2) is 0 Å². The van der Waals surface area contributed by atoms with Gasteiger partial charge in [0.15, 0.2) is 0 Å². The van der Waals surface area contributed by atoms with E-state index in [0.29, 0.717) is 23.2 Å². The molecule has 4 aliphatic rings. The molecule has 0 saturated heterocycles. The number of allylic oxidation sites excluding steroid dienone is 4. The number of rotatable bonds is 4. The minimum absolute atomic E-state index is 0.453. The van der Waals surface area contributed by atoms with Gasteiger partial charge in [-0.3, -0.25) is 0 Å². The molecular formula is C26H35OP. The summed E-state index contributed by atoms with van der Waals surface area (Å²) >= 11 is 0. The molecule has 2 saturated carbocycles. The molecule has 5 rings (SSSR count). The van der Waals surface area contributed by atoms with Crippen LogP contribution < -0.4 is 0 Å². The number of hydrogen-bond donors (Lipinski definition) is 0. The Kier molecular flexibility index (Phi) is 5.16. The summed E-state index contributed by atoms with van der Waals surface area (Å²) in [5.41, 5.74) is 5.17.